The minimum absolute atomic E-state index is 0.00379. The van der Waals surface area contributed by atoms with E-state index in [9.17, 15) is 9.59 Å². The summed E-state index contributed by atoms with van der Waals surface area (Å²) in [4.78, 5) is 24.9. The Hall–Kier alpha value is -2.49. The van der Waals surface area contributed by atoms with Gasteiger partial charge in [0.05, 0.1) is 6.54 Å². The van der Waals surface area contributed by atoms with Crippen LogP contribution in [-0.2, 0) is 16.0 Å². The molecule has 2 aromatic rings. The first kappa shape index (κ1) is 28.1. The highest BCUT2D eigenvalue weighted by Crippen LogP contribution is 2.57. The highest BCUT2D eigenvalue weighted by molar-refractivity contribution is 5.86. The molecule has 4 unspecified atom stereocenters. The van der Waals surface area contributed by atoms with Gasteiger partial charge in [-0.05, 0) is 66.3 Å². The van der Waals surface area contributed by atoms with Crippen LogP contribution in [0.3, 0.4) is 0 Å². The van der Waals surface area contributed by atoms with Crippen LogP contribution in [0.5, 0.6) is 0 Å². The van der Waals surface area contributed by atoms with Crippen molar-refractivity contribution in [3.8, 4) is 5.69 Å². The van der Waals surface area contributed by atoms with Crippen molar-refractivity contribution in [2.24, 2.45) is 35.0 Å². The lowest BCUT2D eigenvalue weighted by atomic mass is 9.60. The lowest BCUT2D eigenvalue weighted by molar-refractivity contribution is -0.595. The van der Waals surface area contributed by atoms with E-state index in [-0.39, 0.29) is 18.2 Å². The van der Waals surface area contributed by atoms with Crippen LogP contribution in [0.25, 0.3) is 5.69 Å². The number of Topliss-reactive ketones (excluding diaryl/α,β-unsaturated/α-hetero) is 1. The van der Waals surface area contributed by atoms with E-state index in [2.05, 4.69) is 75.7 Å². The van der Waals surface area contributed by atoms with Crippen LogP contribution >= 0.6 is 0 Å². The van der Waals surface area contributed by atoms with Gasteiger partial charge in [0.15, 0.2) is 18.2 Å². The summed E-state index contributed by atoms with van der Waals surface area (Å²) in [5.74, 6) is 3.35. The van der Waals surface area contributed by atoms with E-state index < -0.39 is 0 Å². The second-order valence-corrected chi connectivity index (χ2v) is 11.8. The zero-order valence-electron chi connectivity index (χ0n) is 23.3. The number of benzene rings is 1. The lowest BCUT2D eigenvalue weighted by Gasteiger charge is -2.45. The molecule has 196 valence electrons. The molecule has 4 heteroatoms. The Labute approximate surface area is 218 Å². The summed E-state index contributed by atoms with van der Waals surface area (Å²) >= 11 is 0. The lowest BCUT2D eigenvalue weighted by Crippen LogP contribution is -2.39. The van der Waals surface area contributed by atoms with Crippen LogP contribution in [0.4, 0.5) is 0 Å². The summed E-state index contributed by atoms with van der Waals surface area (Å²) in [7, 11) is 0. The summed E-state index contributed by atoms with van der Waals surface area (Å²) in [6.45, 7) is 14.4. The fourth-order valence-electron chi connectivity index (χ4n) is 6.68. The van der Waals surface area contributed by atoms with Crippen molar-refractivity contribution in [1.29, 1.82) is 0 Å². The molecule has 1 amide bonds. The average molecular weight is 492 g/mol. The maximum atomic E-state index is 12.5. The first-order valence-electron chi connectivity index (χ1n) is 14.0. The SMILES string of the molecule is CC(C)C1CCC(C(C)CCC(=O)NCC(=O)CCc2ccc(-[n+]3ccccc3)cc2)C1(C)C(C)C. The minimum atomic E-state index is 0.00379. The van der Waals surface area contributed by atoms with E-state index in [1.54, 1.807) is 0 Å². The molecule has 1 aliphatic carbocycles. The number of aryl methyl sites for hydroxylation is 1. The molecular weight excluding hydrogens is 444 g/mol. The van der Waals surface area contributed by atoms with Gasteiger partial charge in [0, 0.05) is 37.1 Å². The van der Waals surface area contributed by atoms with Crippen molar-refractivity contribution < 1.29 is 14.2 Å². The van der Waals surface area contributed by atoms with E-state index in [4.69, 9.17) is 0 Å². The molecule has 0 spiro atoms. The van der Waals surface area contributed by atoms with Gasteiger partial charge in [0.25, 0.3) is 0 Å². The number of carbonyl (C=O) groups excluding carboxylic acids is 2. The van der Waals surface area contributed by atoms with Crippen molar-refractivity contribution >= 4 is 11.7 Å². The molecule has 1 fully saturated rings. The predicted octanol–water partition coefficient (Wildman–Crippen LogP) is 6.34. The minimum Gasteiger partial charge on any atom is -0.349 e. The third kappa shape index (κ3) is 6.83. The molecule has 0 aliphatic heterocycles. The molecule has 1 heterocycles. The third-order valence-corrected chi connectivity index (χ3v) is 9.07. The molecule has 1 N–H and O–H groups in total. The smallest absolute Gasteiger partial charge is 0.220 e. The van der Waals surface area contributed by atoms with E-state index in [1.165, 1.54) is 12.8 Å². The fraction of sp³-hybridized carbons (Fsp3) is 0.594. The maximum Gasteiger partial charge on any atom is 0.220 e. The van der Waals surface area contributed by atoms with Gasteiger partial charge < -0.3 is 5.32 Å². The van der Waals surface area contributed by atoms with Gasteiger partial charge >= 0.3 is 0 Å². The number of nitrogens with one attached hydrogen (secondary N) is 1. The number of aromatic nitrogens is 1. The molecule has 4 atom stereocenters. The number of hydrogen-bond acceptors (Lipinski definition) is 2. The van der Waals surface area contributed by atoms with Crippen LogP contribution in [0.15, 0.2) is 54.9 Å². The summed E-state index contributed by atoms with van der Waals surface area (Å²) in [5, 5.41) is 2.87. The van der Waals surface area contributed by atoms with Gasteiger partial charge in [-0.1, -0.05) is 59.7 Å². The number of nitrogens with zero attached hydrogens (tertiary/aromatic N) is 1. The fourth-order valence-corrected chi connectivity index (χ4v) is 6.68. The molecule has 1 aromatic heterocycles. The molecule has 36 heavy (non-hydrogen) atoms. The Morgan fingerprint density at radius 1 is 0.944 bits per heavy atom. The van der Waals surface area contributed by atoms with E-state index in [1.807, 2.05) is 30.6 Å². The van der Waals surface area contributed by atoms with E-state index in [0.717, 1.165) is 23.6 Å². The second kappa shape index (κ2) is 12.7. The van der Waals surface area contributed by atoms with Gasteiger partial charge in [-0.3, -0.25) is 9.59 Å². The average Bonchev–Trinajstić information content (AvgIpc) is 3.24. The van der Waals surface area contributed by atoms with Gasteiger partial charge in [-0.2, -0.15) is 4.57 Å². The highest BCUT2D eigenvalue weighted by Gasteiger charge is 2.50. The number of pyridine rings is 1. The molecule has 1 aliphatic rings. The number of hydrogen-bond donors (Lipinski definition) is 1. The summed E-state index contributed by atoms with van der Waals surface area (Å²) in [5.41, 5.74) is 2.56. The molecule has 1 saturated carbocycles. The van der Waals surface area contributed by atoms with Crippen molar-refractivity contribution in [2.45, 2.75) is 80.1 Å². The van der Waals surface area contributed by atoms with Gasteiger partial charge in [-0.25, -0.2) is 0 Å². The van der Waals surface area contributed by atoms with Gasteiger partial charge in [-0.15, -0.1) is 0 Å². The molecular formula is C32H47N2O2+. The van der Waals surface area contributed by atoms with Gasteiger partial charge in [0.2, 0.25) is 11.6 Å². The Kier molecular flexibility index (Phi) is 9.87. The predicted molar refractivity (Wildman–Crippen MR) is 147 cm³/mol. The summed E-state index contributed by atoms with van der Waals surface area (Å²) < 4.78 is 2.06. The number of amides is 1. The molecule has 0 bridgehead atoms. The van der Waals surface area contributed by atoms with Crippen molar-refractivity contribution in [3.05, 3.63) is 60.4 Å². The van der Waals surface area contributed by atoms with Crippen LogP contribution < -0.4 is 9.88 Å². The zero-order valence-corrected chi connectivity index (χ0v) is 23.3. The van der Waals surface area contributed by atoms with Crippen molar-refractivity contribution in [1.82, 2.24) is 5.32 Å². The summed E-state index contributed by atoms with van der Waals surface area (Å²) in [6, 6.07) is 14.3. The normalized spacial score (nSPS) is 22.7. The number of carbonyl (C=O) groups is 2. The molecule has 0 saturated heterocycles. The maximum absolute atomic E-state index is 12.5. The summed E-state index contributed by atoms with van der Waals surface area (Å²) in [6.07, 6.45) is 9.13. The first-order chi connectivity index (χ1) is 17.1. The van der Waals surface area contributed by atoms with E-state index in [0.29, 0.717) is 48.3 Å². The van der Waals surface area contributed by atoms with Crippen LogP contribution in [0, 0.1) is 35.0 Å². The number of ketones is 1. The molecule has 1 aromatic carbocycles. The Balaban J connectivity index is 1.40. The largest absolute Gasteiger partial charge is 0.349 e. The Morgan fingerprint density at radius 3 is 2.19 bits per heavy atom. The van der Waals surface area contributed by atoms with Crippen molar-refractivity contribution in [3.63, 3.8) is 0 Å². The van der Waals surface area contributed by atoms with Crippen LogP contribution in [-0.4, -0.2) is 18.2 Å². The van der Waals surface area contributed by atoms with E-state index >= 15 is 0 Å². The Morgan fingerprint density at radius 2 is 1.58 bits per heavy atom. The number of rotatable bonds is 12. The van der Waals surface area contributed by atoms with Crippen LogP contribution in [0.1, 0.15) is 79.2 Å². The van der Waals surface area contributed by atoms with Crippen LogP contribution in [0.2, 0.25) is 0 Å². The molecule has 3 rings (SSSR count). The molecule has 0 radical (unpaired) electrons. The molecule has 4 nitrogen and oxygen atoms in total. The van der Waals surface area contributed by atoms with Crippen molar-refractivity contribution in [2.75, 3.05) is 6.54 Å². The van der Waals surface area contributed by atoms with Gasteiger partial charge in [0.1, 0.15) is 0 Å². The topological polar surface area (TPSA) is 50.1 Å². The zero-order chi connectivity index (χ0) is 26.3. The second-order valence-electron chi connectivity index (χ2n) is 11.8. The monoisotopic (exact) mass is 491 g/mol. The Bertz CT molecular complexity index is 983. The third-order valence-electron chi connectivity index (χ3n) is 9.07. The quantitative estimate of drug-likeness (QED) is 0.352. The highest BCUT2D eigenvalue weighted by atomic mass is 16.2. The standard InChI is InChI=1S/C32H46N2O2/c1-23(2)29-17-18-30(32(29,6)24(3)4)25(5)10-19-31(36)33-22-28(35)16-13-26-11-14-27(15-12-26)34-20-8-7-9-21-34/h7-9,11-12,14-15,20-21,23-25,29-30H,10,13,16-19,22H2,1-6H3/p+1. The first-order valence-corrected chi connectivity index (χ1v) is 14.0.